The Kier molecular flexibility index (Phi) is 12.8. The van der Waals surface area contributed by atoms with E-state index in [9.17, 15) is 40.9 Å². The first-order chi connectivity index (χ1) is 25.0. The van der Waals surface area contributed by atoms with Crippen LogP contribution in [0, 0.1) is 5.82 Å². The molecule has 0 radical (unpaired) electrons. The van der Waals surface area contributed by atoms with Gasteiger partial charge in [0.1, 0.15) is 11.6 Å². The second-order valence-electron chi connectivity index (χ2n) is 14.7. The number of ether oxygens (including phenoxy) is 1. The first-order valence-corrected chi connectivity index (χ1v) is 17.3. The maximum Gasteiger partial charge on any atom is 0.417 e. The maximum absolute atomic E-state index is 14.0. The van der Waals surface area contributed by atoms with E-state index < -0.39 is 65.9 Å². The molecule has 2 atom stereocenters. The van der Waals surface area contributed by atoms with Gasteiger partial charge in [0.2, 0.25) is 0 Å². The molecule has 5 rings (SSSR count). The van der Waals surface area contributed by atoms with Crippen LogP contribution in [0.1, 0.15) is 63.1 Å². The molecule has 54 heavy (non-hydrogen) atoms. The van der Waals surface area contributed by atoms with Crippen LogP contribution in [0.15, 0.2) is 103 Å². The number of aliphatic hydroxyl groups is 2. The summed E-state index contributed by atoms with van der Waals surface area (Å²) in [6.07, 6.45) is -10.8. The number of rotatable bonds is 11. The standard InChI is InChI=1S/C23H23F4NO2.C18H19ClF3NO/c1-21(2,18-12-16(24)9-11-20(18)30-3)14-22(29,23(25,26)27)13-17-10-8-15-6-4-5-7-19(15)28-17;1-16(2,13-6-8-14(19)9-7-13)12-17(24,18(20,21)22)11-15-5-3-4-10-23-15/h4-12,29H,13-14H2,1-3H3;3-10,24H,11-12H2,1-2H3. The number of hydrogen-bond acceptors (Lipinski definition) is 5. The molecule has 5 nitrogen and oxygen atoms in total. The number of aromatic nitrogens is 2. The number of benzene rings is 3. The van der Waals surface area contributed by atoms with Gasteiger partial charge < -0.3 is 14.9 Å². The zero-order valence-electron chi connectivity index (χ0n) is 30.4. The molecule has 2 heterocycles. The van der Waals surface area contributed by atoms with Crippen LogP contribution in [0.3, 0.4) is 0 Å². The van der Waals surface area contributed by atoms with Crippen molar-refractivity contribution in [1.82, 2.24) is 9.97 Å². The topological polar surface area (TPSA) is 75.5 Å². The van der Waals surface area contributed by atoms with E-state index in [-0.39, 0.29) is 22.7 Å². The minimum Gasteiger partial charge on any atom is -0.496 e. The lowest BCUT2D eigenvalue weighted by Crippen LogP contribution is -2.51. The number of methoxy groups -OCH3 is 1. The molecule has 0 saturated carbocycles. The fourth-order valence-corrected chi connectivity index (χ4v) is 6.73. The number of hydrogen-bond donors (Lipinski definition) is 2. The highest BCUT2D eigenvalue weighted by atomic mass is 35.5. The summed E-state index contributed by atoms with van der Waals surface area (Å²) in [7, 11) is 1.36. The van der Waals surface area contributed by atoms with Crippen LogP contribution in [0.2, 0.25) is 5.02 Å². The molecule has 0 aliphatic heterocycles. The van der Waals surface area contributed by atoms with E-state index in [1.54, 1.807) is 74.5 Å². The predicted octanol–water partition coefficient (Wildman–Crippen LogP) is 10.5. The second-order valence-corrected chi connectivity index (χ2v) is 15.1. The lowest BCUT2D eigenvalue weighted by atomic mass is 9.73. The molecular weight excluding hydrogens is 737 g/mol. The third kappa shape index (κ3) is 10.3. The first-order valence-electron chi connectivity index (χ1n) is 16.9. The fraction of sp³-hybridized carbons (Fsp3) is 0.366. The molecule has 290 valence electrons. The third-order valence-corrected chi connectivity index (χ3v) is 9.62. The molecule has 0 aliphatic carbocycles. The molecule has 0 amide bonds. The van der Waals surface area contributed by atoms with Gasteiger partial charge in [-0.25, -0.2) is 4.39 Å². The highest BCUT2D eigenvalue weighted by Gasteiger charge is 2.57. The molecule has 0 saturated heterocycles. The number of nitrogens with zero attached hydrogens (tertiary/aromatic N) is 2. The Hall–Kier alpha value is -4.26. The Bertz CT molecular complexity index is 2010. The van der Waals surface area contributed by atoms with E-state index in [0.29, 0.717) is 16.1 Å². The number of alkyl halides is 6. The first kappa shape index (κ1) is 42.5. The Morgan fingerprint density at radius 1 is 0.667 bits per heavy atom. The zero-order chi connectivity index (χ0) is 40.2. The van der Waals surface area contributed by atoms with E-state index in [0.717, 1.165) is 11.5 Å². The van der Waals surface area contributed by atoms with Gasteiger partial charge >= 0.3 is 12.4 Å². The zero-order valence-corrected chi connectivity index (χ0v) is 31.1. The number of para-hydroxylation sites is 1. The summed E-state index contributed by atoms with van der Waals surface area (Å²) >= 11 is 5.84. The molecule has 2 N–H and O–H groups in total. The lowest BCUT2D eigenvalue weighted by Gasteiger charge is -2.38. The Labute approximate surface area is 314 Å². The molecule has 5 aromatic rings. The van der Waals surface area contributed by atoms with E-state index in [2.05, 4.69) is 9.97 Å². The summed E-state index contributed by atoms with van der Waals surface area (Å²) in [6, 6.07) is 25.2. The average molecular weight is 779 g/mol. The predicted molar refractivity (Wildman–Crippen MR) is 195 cm³/mol. The van der Waals surface area contributed by atoms with E-state index >= 15 is 0 Å². The highest BCUT2D eigenvalue weighted by Crippen LogP contribution is 2.46. The summed E-state index contributed by atoms with van der Waals surface area (Å²) < 4.78 is 102. The molecule has 2 aromatic heterocycles. The van der Waals surface area contributed by atoms with Crippen molar-refractivity contribution in [3.63, 3.8) is 0 Å². The molecule has 0 fully saturated rings. The van der Waals surface area contributed by atoms with Crippen molar-refractivity contribution in [1.29, 1.82) is 0 Å². The van der Waals surface area contributed by atoms with Crippen molar-refractivity contribution < 1.29 is 45.7 Å². The summed E-state index contributed by atoms with van der Waals surface area (Å²) in [5, 5.41) is 22.6. The average Bonchev–Trinajstić information content (AvgIpc) is 3.07. The number of pyridine rings is 2. The molecule has 13 heteroatoms. The van der Waals surface area contributed by atoms with Crippen LogP contribution in [0.25, 0.3) is 10.9 Å². The molecule has 3 aromatic carbocycles. The van der Waals surface area contributed by atoms with Crippen molar-refractivity contribution in [2.45, 2.75) is 87.8 Å². The normalized spacial score (nSPS) is 14.8. The van der Waals surface area contributed by atoms with Gasteiger partial charge in [0.25, 0.3) is 0 Å². The van der Waals surface area contributed by atoms with Crippen molar-refractivity contribution in [3.8, 4) is 5.75 Å². The van der Waals surface area contributed by atoms with Gasteiger partial charge in [-0.1, -0.05) is 81.8 Å². The molecule has 2 unspecified atom stereocenters. The Morgan fingerprint density at radius 3 is 1.81 bits per heavy atom. The summed E-state index contributed by atoms with van der Waals surface area (Å²) in [4.78, 5) is 8.19. The van der Waals surface area contributed by atoms with E-state index in [1.807, 2.05) is 6.07 Å². The number of halogens is 8. The smallest absolute Gasteiger partial charge is 0.417 e. The van der Waals surface area contributed by atoms with E-state index in [4.69, 9.17) is 16.3 Å². The van der Waals surface area contributed by atoms with Gasteiger partial charge in [0.15, 0.2) is 11.2 Å². The SMILES string of the molecule is CC(C)(CC(O)(Cc1ccccn1)C(F)(F)F)c1ccc(Cl)cc1.COc1ccc(F)cc1C(C)(C)CC(O)(Cc1ccc2ccccc2n1)C(F)(F)F. The van der Waals surface area contributed by atoms with Crippen LogP contribution in [-0.2, 0) is 23.7 Å². The molecule has 0 aliphatic rings. The van der Waals surface area contributed by atoms with Gasteiger partial charge in [0, 0.05) is 46.4 Å². The van der Waals surface area contributed by atoms with Crippen LogP contribution in [0.5, 0.6) is 5.75 Å². The van der Waals surface area contributed by atoms with Gasteiger partial charge in [-0.05, 0) is 83.8 Å². The lowest BCUT2D eigenvalue weighted by molar-refractivity contribution is -0.266. The highest BCUT2D eigenvalue weighted by molar-refractivity contribution is 6.30. The largest absolute Gasteiger partial charge is 0.496 e. The molecule has 0 spiro atoms. The van der Waals surface area contributed by atoms with Gasteiger partial charge in [-0.2, -0.15) is 26.3 Å². The number of fused-ring (bicyclic) bond motifs is 1. The third-order valence-electron chi connectivity index (χ3n) is 9.37. The van der Waals surface area contributed by atoms with Gasteiger partial charge in [-0.15, -0.1) is 0 Å². The van der Waals surface area contributed by atoms with Crippen LogP contribution < -0.4 is 4.74 Å². The second kappa shape index (κ2) is 16.2. The van der Waals surface area contributed by atoms with Crippen LogP contribution >= 0.6 is 11.6 Å². The van der Waals surface area contributed by atoms with Gasteiger partial charge in [-0.3, -0.25) is 9.97 Å². The Morgan fingerprint density at radius 2 is 1.24 bits per heavy atom. The summed E-state index contributed by atoms with van der Waals surface area (Å²) in [5.41, 5.74) is -6.29. The summed E-state index contributed by atoms with van der Waals surface area (Å²) in [5.74, 6) is -0.333. The van der Waals surface area contributed by atoms with Gasteiger partial charge in [0.05, 0.1) is 12.6 Å². The monoisotopic (exact) mass is 778 g/mol. The van der Waals surface area contributed by atoms with Crippen LogP contribution in [-0.4, -0.2) is 50.8 Å². The molecular formula is C41H42ClF7N2O3. The summed E-state index contributed by atoms with van der Waals surface area (Å²) in [6.45, 7) is 6.39. The van der Waals surface area contributed by atoms with Crippen molar-refractivity contribution in [3.05, 3.63) is 137 Å². The minimum absolute atomic E-state index is 0.121. The van der Waals surface area contributed by atoms with Crippen molar-refractivity contribution >= 4 is 22.5 Å². The fourth-order valence-electron chi connectivity index (χ4n) is 6.60. The van der Waals surface area contributed by atoms with E-state index in [1.165, 1.54) is 51.4 Å². The maximum atomic E-state index is 14.0. The molecule has 0 bridgehead atoms. The van der Waals surface area contributed by atoms with Crippen molar-refractivity contribution in [2.24, 2.45) is 0 Å². The quantitative estimate of drug-likeness (QED) is 0.131. The Balaban J connectivity index is 0.000000247. The van der Waals surface area contributed by atoms with Crippen LogP contribution in [0.4, 0.5) is 30.7 Å². The van der Waals surface area contributed by atoms with Crippen molar-refractivity contribution in [2.75, 3.05) is 7.11 Å². The minimum atomic E-state index is -4.92.